The van der Waals surface area contributed by atoms with E-state index in [0.717, 1.165) is 7.11 Å². The van der Waals surface area contributed by atoms with E-state index in [-0.39, 0.29) is 6.61 Å². The third-order valence-corrected chi connectivity index (χ3v) is 1.32. The summed E-state index contributed by atoms with van der Waals surface area (Å²) in [6.45, 7) is 1.86. The number of hydrogen-bond donors (Lipinski definition) is 0. The lowest BCUT2D eigenvalue weighted by Crippen LogP contribution is -1.98. The van der Waals surface area contributed by atoms with Crippen molar-refractivity contribution in [2.45, 2.75) is 6.92 Å². The van der Waals surface area contributed by atoms with Crippen molar-refractivity contribution in [3.05, 3.63) is 0 Å². The molecule has 5 nitrogen and oxygen atoms in total. The van der Waals surface area contributed by atoms with Crippen LogP contribution in [-0.2, 0) is 18.3 Å². The highest BCUT2D eigenvalue weighted by molar-refractivity contribution is 7.34. The molecule has 1 atom stereocenters. The summed E-state index contributed by atoms with van der Waals surface area (Å²) in [5, 5.41) is 0. The van der Waals surface area contributed by atoms with E-state index < -0.39 is 14.4 Å². The molecule has 0 aromatic heterocycles. The van der Waals surface area contributed by atoms with Crippen LogP contribution in [-0.4, -0.2) is 19.9 Å². The van der Waals surface area contributed by atoms with Crippen LogP contribution in [0.5, 0.6) is 0 Å². The third-order valence-electron chi connectivity index (χ3n) is 0.550. The highest BCUT2D eigenvalue weighted by atomic mass is 31.1. The molecule has 58 valence electrons. The number of ether oxygens (including phenoxy) is 1. The summed E-state index contributed by atoms with van der Waals surface area (Å²) in [7, 11) is -1.23. The lowest BCUT2D eigenvalue weighted by Gasteiger charge is -1.86. The first-order valence-corrected chi connectivity index (χ1v) is 3.66. The summed E-state index contributed by atoms with van der Waals surface area (Å²) in [4.78, 5) is 10.2. The average Bonchev–Trinajstić information content (AvgIpc) is 1.88. The minimum Gasteiger partial charge on any atom is -0.435 e. The van der Waals surface area contributed by atoms with E-state index in [1.165, 1.54) is 0 Å². The zero-order valence-electron chi connectivity index (χ0n) is 5.70. The van der Waals surface area contributed by atoms with Crippen molar-refractivity contribution in [1.82, 2.24) is 0 Å². The molecule has 10 heavy (non-hydrogen) atoms. The molecule has 0 saturated carbocycles. The topological polar surface area (TPSA) is 61.8 Å². The average molecular weight is 167 g/mol. The van der Waals surface area contributed by atoms with Crippen molar-refractivity contribution in [2.75, 3.05) is 13.7 Å². The van der Waals surface area contributed by atoms with Crippen molar-refractivity contribution in [3.63, 3.8) is 0 Å². The Labute approximate surface area is 59.2 Å². The van der Waals surface area contributed by atoms with Crippen LogP contribution in [0, 0.1) is 0 Å². The molecule has 0 aliphatic carbocycles. The Kier molecular flexibility index (Phi) is 4.80. The fraction of sp³-hybridized carbons (Fsp3) is 0.750. The Morgan fingerprint density at radius 1 is 1.60 bits per heavy atom. The van der Waals surface area contributed by atoms with Gasteiger partial charge in [-0.05, 0) is 6.92 Å². The van der Waals surface area contributed by atoms with Crippen LogP contribution in [0.4, 0.5) is 4.79 Å². The van der Waals surface area contributed by atoms with E-state index in [4.69, 9.17) is 0 Å². The number of methoxy groups -OCH3 is 1. The van der Waals surface area contributed by atoms with E-state index >= 15 is 0 Å². The Hall–Kier alpha value is -0.670. The molecule has 1 unspecified atom stereocenters. The molecule has 0 aromatic rings. The Morgan fingerprint density at radius 3 is 2.60 bits per heavy atom. The van der Waals surface area contributed by atoms with E-state index in [2.05, 4.69) is 13.8 Å². The highest BCUT2D eigenvalue weighted by Crippen LogP contribution is 2.23. The quantitative estimate of drug-likeness (QED) is 0.470. The molecule has 0 saturated heterocycles. The molecule has 0 bridgehead atoms. The van der Waals surface area contributed by atoms with Gasteiger partial charge in [0.2, 0.25) is 0 Å². The molecule has 0 N–H and O–H groups in total. The van der Waals surface area contributed by atoms with Crippen LogP contribution >= 0.6 is 8.25 Å². The van der Waals surface area contributed by atoms with Crippen LogP contribution in [0.3, 0.4) is 0 Å². The van der Waals surface area contributed by atoms with Gasteiger partial charge in [0.25, 0.3) is 0 Å². The fourth-order valence-corrected chi connectivity index (χ4v) is 0.690. The van der Waals surface area contributed by atoms with Gasteiger partial charge in [-0.15, -0.1) is 9.05 Å². The van der Waals surface area contributed by atoms with Gasteiger partial charge in [0.1, 0.15) is 6.61 Å². The van der Waals surface area contributed by atoms with Crippen LogP contribution < -0.4 is 0 Å². The van der Waals surface area contributed by atoms with Gasteiger partial charge in [-0.25, -0.2) is 0 Å². The summed E-state index contributed by atoms with van der Waals surface area (Å²) in [6.07, 6.45) is -1.01. The summed E-state index contributed by atoms with van der Waals surface area (Å²) in [5.74, 6) is 0. The number of carbonyl (C=O) groups is 1. The SMILES string of the molecule is CCO[P+](=O)OC(=O)OC. The Morgan fingerprint density at radius 2 is 2.20 bits per heavy atom. The summed E-state index contributed by atoms with van der Waals surface area (Å²) < 4.78 is 22.9. The highest BCUT2D eigenvalue weighted by Gasteiger charge is 2.25. The molecule has 0 rings (SSSR count). The number of carbonyl (C=O) groups excluding carboxylic acids is 1. The van der Waals surface area contributed by atoms with E-state index in [9.17, 15) is 9.36 Å². The molecule has 0 heterocycles. The van der Waals surface area contributed by atoms with Gasteiger partial charge in [-0.2, -0.15) is 4.79 Å². The molecule has 0 radical (unpaired) electrons. The predicted molar refractivity (Wildman–Crippen MR) is 32.7 cm³/mol. The largest absolute Gasteiger partial charge is 0.756 e. The van der Waals surface area contributed by atoms with Crippen LogP contribution in [0.25, 0.3) is 0 Å². The second kappa shape index (κ2) is 5.14. The van der Waals surface area contributed by atoms with Crippen molar-refractivity contribution in [1.29, 1.82) is 0 Å². The van der Waals surface area contributed by atoms with Crippen molar-refractivity contribution in [3.8, 4) is 0 Å². The first-order chi connectivity index (χ1) is 4.70. The first-order valence-electron chi connectivity index (χ1n) is 2.56. The normalized spacial score (nSPS) is 10.4. The summed E-state index contributed by atoms with van der Waals surface area (Å²) in [5.41, 5.74) is 0. The minimum absolute atomic E-state index is 0.228. The monoisotopic (exact) mass is 167 g/mol. The Balaban J connectivity index is 3.47. The number of hydrogen-bond acceptors (Lipinski definition) is 5. The van der Waals surface area contributed by atoms with Gasteiger partial charge in [0.15, 0.2) is 0 Å². The van der Waals surface area contributed by atoms with Gasteiger partial charge >= 0.3 is 14.4 Å². The molecule has 0 aliphatic rings. The predicted octanol–water partition coefficient (Wildman–Crippen LogP) is 1.46. The maximum Gasteiger partial charge on any atom is 0.756 e. The molecule has 0 aromatic carbocycles. The molecule has 0 spiro atoms. The molecule has 6 heteroatoms. The third kappa shape index (κ3) is 4.23. The van der Waals surface area contributed by atoms with Gasteiger partial charge < -0.3 is 4.74 Å². The summed E-state index contributed by atoms with van der Waals surface area (Å²) >= 11 is 0. The minimum atomic E-state index is -2.35. The second-order valence-electron chi connectivity index (χ2n) is 1.19. The molecular weight excluding hydrogens is 159 g/mol. The second-order valence-corrected chi connectivity index (χ2v) is 2.07. The summed E-state index contributed by atoms with van der Waals surface area (Å²) in [6, 6.07) is 0. The number of rotatable bonds is 3. The van der Waals surface area contributed by atoms with Gasteiger partial charge in [0, 0.05) is 4.57 Å². The zero-order chi connectivity index (χ0) is 7.98. The molecule has 0 fully saturated rings. The van der Waals surface area contributed by atoms with Crippen molar-refractivity contribution >= 4 is 14.4 Å². The van der Waals surface area contributed by atoms with Crippen LogP contribution in [0.15, 0.2) is 0 Å². The Bertz CT molecular complexity index is 134. The molecular formula is C4H8O5P+. The van der Waals surface area contributed by atoms with Crippen molar-refractivity contribution < 1.29 is 23.1 Å². The first kappa shape index (κ1) is 9.33. The van der Waals surface area contributed by atoms with Crippen LogP contribution in [0.2, 0.25) is 0 Å². The lowest BCUT2D eigenvalue weighted by atomic mass is 10.9. The van der Waals surface area contributed by atoms with Gasteiger partial charge in [0.05, 0.1) is 7.11 Å². The standard InChI is InChI=1S/C4H8O5P/c1-3-8-10(6)9-4(5)7-2/h3H2,1-2H3/q+1. The molecule has 0 aliphatic heterocycles. The lowest BCUT2D eigenvalue weighted by molar-refractivity contribution is 0.116. The van der Waals surface area contributed by atoms with Crippen molar-refractivity contribution in [2.24, 2.45) is 0 Å². The zero-order valence-corrected chi connectivity index (χ0v) is 6.59. The van der Waals surface area contributed by atoms with Gasteiger partial charge in [-0.1, -0.05) is 0 Å². The maximum atomic E-state index is 10.4. The van der Waals surface area contributed by atoms with E-state index in [1.807, 2.05) is 0 Å². The smallest absolute Gasteiger partial charge is 0.435 e. The molecule has 0 amide bonds. The fourth-order valence-electron chi connectivity index (χ4n) is 0.230. The van der Waals surface area contributed by atoms with E-state index in [1.54, 1.807) is 6.92 Å². The van der Waals surface area contributed by atoms with E-state index in [0.29, 0.717) is 0 Å². The van der Waals surface area contributed by atoms with Crippen LogP contribution in [0.1, 0.15) is 6.92 Å². The maximum absolute atomic E-state index is 10.4. The van der Waals surface area contributed by atoms with Gasteiger partial charge in [-0.3, -0.25) is 0 Å².